The lowest BCUT2D eigenvalue weighted by atomic mass is 10.00. The minimum absolute atomic E-state index is 0.304. The molecular formula is C17H21ClN2S. The van der Waals surface area contributed by atoms with Crippen molar-refractivity contribution in [2.24, 2.45) is 0 Å². The molecule has 1 N–H and O–H groups in total. The highest BCUT2D eigenvalue weighted by Crippen LogP contribution is 2.29. The van der Waals surface area contributed by atoms with E-state index < -0.39 is 0 Å². The molecule has 0 aliphatic carbocycles. The molecule has 2 aromatic rings. The minimum Gasteiger partial charge on any atom is -0.309 e. The van der Waals surface area contributed by atoms with E-state index in [0.717, 1.165) is 22.3 Å². The van der Waals surface area contributed by atoms with Gasteiger partial charge in [0.05, 0.1) is 5.02 Å². The largest absolute Gasteiger partial charge is 0.309 e. The summed E-state index contributed by atoms with van der Waals surface area (Å²) < 4.78 is 0. The number of aryl methyl sites for hydroxylation is 2. The third-order valence-electron chi connectivity index (χ3n) is 3.37. The predicted octanol–water partition coefficient (Wildman–Crippen LogP) is 4.79. The lowest BCUT2D eigenvalue weighted by Gasteiger charge is -2.20. The van der Waals surface area contributed by atoms with Gasteiger partial charge >= 0.3 is 0 Å². The lowest BCUT2D eigenvalue weighted by Crippen LogP contribution is -2.24. The zero-order valence-electron chi connectivity index (χ0n) is 12.7. The Kier molecular flexibility index (Phi) is 6.09. The molecule has 2 nitrogen and oxygen atoms in total. The number of hydrogen-bond donors (Lipinski definition) is 1. The van der Waals surface area contributed by atoms with Crippen molar-refractivity contribution in [3.8, 4) is 0 Å². The van der Waals surface area contributed by atoms with Crippen LogP contribution >= 0.6 is 23.4 Å². The van der Waals surface area contributed by atoms with E-state index >= 15 is 0 Å². The van der Waals surface area contributed by atoms with Crippen LogP contribution in [0.5, 0.6) is 0 Å². The Morgan fingerprint density at radius 2 is 2.10 bits per heavy atom. The van der Waals surface area contributed by atoms with Crippen LogP contribution in [0, 0.1) is 13.8 Å². The molecule has 0 aliphatic heterocycles. The van der Waals surface area contributed by atoms with Crippen molar-refractivity contribution in [1.29, 1.82) is 0 Å². The van der Waals surface area contributed by atoms with Crippen LogP contribution < -0.4 is 5.32 Å². The highest BCUT2D eigenvalue weighted by atomic mass is 35.5. The number of thioether (sulfide) groups is 1. The summed E-state index contributed by atoms with van der Waals surface area (Å²) >= 11 is 7.88. The van der Waals surface area contributed by atoms with Gasteiger partial charge in [0.2, 0.25) is 0 Å². The van der Waals surface area contributed by atoms with Crippen LogP contribution in [-0.4, -0.2) is 17.3 Å². The van der Waals surface area contributed by atoms with Gasteiger partial charge in [0, 0.05) is 18.0 Å². The number of hydrogen-bond acceptors (Lipinski definition) is 3. The maximum absolute atomic E-state index is 6.18. The van der Waals surface area contributed by atoms with Crippen LogP contribution in [0.2, 0.25) is 5.02 Å². The fourth-order valence-corrected chi connectivity index (χ4v) is 3.53. The normalized spacial score (nSPS) is 12.4. The Bertz CT molecular complexity index is 601. The number of pyridine rings is 1. The maximum atomic E-state index is 6.18. The highest BCUT2D eigenvalue weighted by Gasteiger charge is 2.14. The molecule has 4 heteroatoms. The van der Waals surface area contributed by atoms with Crippen molar-refractivity contribution in [2.45, 2.75) is 31.8 Å². The van der Waals surface area contributed by atoms with Crippen LogP contribution in [0.4, 0.5) is 0 Å². The van der Waals surface area contributed by atoms with Crippen LogP contribution in [0.1, 0.15) is 29.7 Å². The van der Waals surface area contributed by atoms with E-state index in [0.29, 0.717) is 6.04 Å². The van der Waals surface area contributed by atoms with Crippen molar-refractivity contribution in [3.05, 3.63) is 58.2 Å². The van der Waals surface area contributed by atoms with Crippen LogP contribution in [0.3, 0.4) is 0 Å². The molecule has 1 heterocycles. The smallest absolute Gasteiger partial charge is 0.115 e. The molecule has 0 saturated carbocycles. The van der Waals surface area contributed by atoms with Gasteiger partial charge in [0.1, 0.15) is 5.03 Å². The first-order chi connectivity index (χ1) is 10.1. The predicted molar refractivity (Wildman–Crippen MR) is 92.3 cm³/mol. The van der Waals surface area contributed by atoms with Gasteiger partial charge in [-0.05, 0) is 43.7 Å². The third-order valence-corrected chi connectivity index (χ3v) is 4.89. The van der Waals surface area contributed by atoms with E-state index in [4.69, 9.17) is 11.6 Å². The first-order valence-electron chi connectivity index (χ1n) is 7.15. The SMILES string of the molecule is CCNC(CSc1ncccc1Cl)c1cc(C)ccc1C. The minimum atomic E-state index is 0.304. The summed E-state index contributed by atoms with van der Waals surface area (Å²) in [5.41, 5.74) is 3.97. The molecule has 0 radical (unpaired) electrons. The quantitative estimate of drug-likeness (QED) is 0.774. The van der Waals surface area contributed by atoms with E-state index in [2.05, 4.69) is 49.3 Å². The van der Waals surface area contributed by atoms with E-state index in [1.54, 1.807) is 18.0 Å². The van der Waals surface area contributed by atoms with E-state index in [9.17, 15) is 0 Å². The first kappa shape index (κ1) is 16.3. The summed E-state index contributed by atoms with van der Waals surface area (Å²) in [5, 5.41) is 5.18. The van der Waals surface area contributed by atoms with Gasteiger partial charge in [-0.25, -0.2) is 4.98 Å². The molecule has 21 heavy (non-hydrogen) atoms. The summed E-state index contributed by atoms with van der Waals surface area (Å²) in [7, 11) is 0. The first-order valence-corrected chi connectivity index (χ1v) is 8.52. The fourth-order valence-electron chi connectivity index (χ4n) is 2.28. The summed E-state index contributed by atoms with van der Waals surface area (Å²) in [6.45, 7) is 7.37. The second-order valence-electron chi connectivity index (χ2n) is 5.07. The van der Waals surface area contributed by atoms with Crippen LogP contribution in [0.15, 0.2) is 41.6 Å². The van der Waals surface area contributed by atoms with E-state index in [-0.39, 0.29) is 0 Å². The number of halogens is 1. The number of rotatable bonds is 6. The molecular weight excluding hydrogens is 300 g/mol. The standard InChI is InChI=1S/C17H21ClN2S/c1-4-19-16(14-10-12(2)7-8-13(14)3)11-21-17-15(18)6-5-9-20-17/h5-10,16,19H,4,11H2,1-3H3. The van der Waals surface area contributed by atoms with Gasteiger partial charge in [0.15, 0.2) is 0 Å². The molecule has 112 valence electrons. The topological polar surface area (TPSA) is 24.9 Å². The zero-order chi connectivity index (χ0) is 15.2. The molecule has 1 aromatic carbocycles. The zero-order valence-corrected chi connectivity index (χ0v) is 14.3. The second-order valence-corrected chi connectivity index (χ2v) is 6.49. The van der Waals surface area contributed by atoms with Crippen molar-refractivity contribution in [2.75, 3.05) is 12.3 Å². The molecule has 0 aliphatic rings. The summed E-state index contributed by atoms with van der Waals surface area (Å²) in [4.78, 5) is 4.35. The monoisotopic (exact) mass is 320 g/mol. The fraction of sp³-hybridized carbons (Fsp3) is 0.353. The van der Waals surface area contributed by atoms with Crippen LogP contribution in [-0.2, 0) is 0 Å². The molecule has 2 rings (SSSR count). The van der Waals surface area contributed by atoms with Gasteiger partial charge in [-0.15, -0.1) is 11.8 Å². The second kappa shape index (κ2) is 7.83. The van der Waals surface area contributed by atoms with Gasteiger partial charge in [-0.3, -0.25) is 0 Å². The van der Waals surface area contributed by atoms with Gasteiger partial charge in [-0.2, -0.15) is 0 Å². The molecule has 0 spiro atoms. The number of benzene rings is 1. The molecule has 1 atom stereocenters. The van der Waals surface area contributed by atoms with Gasteiger partial charge < -0.3 is 5.32 Å². The van der Waals surface area contributed by atoms with Crippen molar-refractivity contribution < 1.29 is 0 Å². The molecule has 0 saturated heterocycles. The highest BCUT2D eigenvalue weighted by molar-refractivity contribution is 7.99. The maximum Gasteiger partial charge on any atom is 0.115 e. The van der Waals surface area contributed by atoms with E-state index in [1.165, 1.54) is 16.7 Å². The number of nitrogens with one attached hydrogen (secondary N) is 1. The van der Waals surface area contributed by atoms with Gasteiger partial charge in [-0.1, -0.05) is 42.3 Å². The average Bonchev–Trinajstić information content (AvgIpc) is 2.48. The lowest BCUT2D eigenvalue weighted by molar-refractivity contribution is 0.602. The summed E-state index contributed by atoms with van der Waals surface area (Å²) in [5.74, 6) is 0.912. The Morgan fingerprint density at radius 1 is 1.29 bits per heavy atom. The van der Waals surface area contributed by atoms with E-state index in [1.807, 2.05) is 12.1 Å². The summed E-state index contributed by atoms with van der Waals surface area (Å²) in [6.07, 6.45) is 1.79. The van der Waals surface area contributed by atoms with Crippen molar-refractivity contribution >= 4 is 23.4 Å². The molecule has 0 amide bonds. The van der Waals surface area contributed by atoms with Crippen molar-refractivity contribution in [3.63, 3.8) is 0 Å². The molecule has 1 unspecified atom stereocenters. The van der Waals surface area contributed by atoms with Crippen LogP contribution in [0.25, 0.3) is 0 Å². The Balaban J connectivity index is 2.16. The van der Waals surface area contributed by atoms with Crippen molar-refractivity contribution in [1.82, 2.24) is 10.3 Å². The third kappa shape index (κ3) is 4.47. The Labute approximate surface area is 136 Å². The van der Waals surface area contributed by atoms with Gasteiger partial charge in [0.25, 0.3) is 0 Å². The molecule has 0 bridgehead atoms. The Morgan fingerprint density at radius 3 is 2.81 bits per heavy atom. The number of aromatic nitrogens is 1. The Hall–Kier alpha value is -1.03. The molecule has 1 aromatic heterocycles. The molecule has 0 fully saturated rings. The number of nitrogens with zero attached hydrogens (tertiary/aromatic N) is 1. The average molecular weight is 321 g/mol. The summed E-state index contributed by atoms with van der Waals surface area (Å²) in [6, 6.07) is 10.7.